The number of rotatable bonds is 10. The summed E-state index contributed by atoms with van der Waals surface area (Å²) < 4.78 is 27.6. The first-order chi connectivity index (χ1) is 10.8. The molecule has 0 aromatic heterocycles. The summed E-state index contributed by atoms with van der Waals surface area (Å²) in [5.74, 6) is -1.44. The summed E-state index contributed by atoms with van der Waals surface area (Å²) in [4.78, 5) is 36.7. The van der Waals surface area contributed by atoms with E-state index in [4.69, 9.17) is 13.8 Å². The maximum Gasteiger partial charge on any atom is 0.338 e. The molecule has 1 unspecified atom stereocenters. The van der Waals surface area contributed by atoms with Crippen molar-refractivity contribution in [3.8, 4) is 0 Å². The lowest BCUT2D eigenvalue weighted by molar-refractivity contribution is -0.160. The normalized spacial score (nSPS) is 21.4. The van der Waals surface area contributed by atoms with Crippen molar-refractivity contribution >= 4 is 25.1 Å². The third-order valence-corrected chi connectivity index (χ3v) is 5.77. The van der Waals surface area contributed by atoms with Crippen LogP contribution in [0.2, 0.25) is 0 Å². The van der Waals surface area contributed by atoms with Gasteiger partial charge >= 0.3 is 13.6 Å². The number of carbonyl (C=O) groups excluding carboxylic acids is 3. The van der Waals surface area contributed by atoms with Gasteiger partial charge in [0.1, 0.15) is 17.4 Å². The Morgan fingerprint density at radius 2 is 1.74 bits per heavy atom. The zero-order valence-electron chi connectivity index (χ0n) is 14.0. The molecular weight excluding hydrogens is 323 g/mol. The molecule has 0 aromatic rings. The van der Waals surface area contributed by atoms with Crippen LogP contribution in [-0.4, -0.2) is 43.5 Å². The molecule has 132 valence electrons. The van der Waals surface area contributed by atoms with Crippen LogP contribution in [0.5, 0.6) is 0 Å². The van der Waals surface area contributed by atoms with Gasteiger partial charge in [-0.1, -0.05) is 0 Å². The van der Waals surface area contributed by atoms with Crippen molar-refractivity contribution in [2.75, 3.05) is 26.0 Å². The minimum Gasteiger partial charge on any atom is -0.465 e. The zero-order valence-corrected chi connectivity index (χ0v) is 14.9. The third kappa shape index (κ3) is 4.96. The van der Waals surface area contributed by atoms with E-state index in [-0.39, 0.29) is 44.9 Å². The maximum atomic E-state index is 12.4. The first kappa shape index (κ1) is 20.0. The van der Waals surface area contributed by atoms with Crippen molar-refractivity contribution in [3.05, 3.63) is 0 Å². The molecule has 8 heteroatoms. The Morgan fingerprint density at radius 3 is 2.17 bits per heavy atom. The highest BCUT2D eigenvalue weighted by Gasteiger charge is 2.51. The molecule has 7 nitrogen and oxygen atoms in total. The van der Waals surface area contributed by atoms with E-state index in [1.807, 2.05) is 0 Å². The van der Waals surface area contributed by atoms with Crippen molar-refractivity contribution in [1.82, 2.24) is 0 Å². The Balaban J connectivity index is 2.88. The second-order valence-corrected chi connectivity index (χ2v) is 7.45. The Bertz CT molecular complexity index is 492. The number of hydrogen-bond donors (Lipinski definition) is 0. The van der Waals surface area contributed by atoms with E-state index in [1.165, 1.54) is 0 Å². The van der Waals surface area contributed by atoms with E-state index in [1.54, 1.807) is 20.8 Å². The minimum absolute atomic E-state index is 0.137. The minimum atomic E-state index is -3.54. The Kier molecular flexibility index (Phi) is 7.58. The Labute approximate surface area is 136 Å². The molecule has 1 fully saturated rings. The zero-order chi connectivity index (χ0) is 17.5. The molecule has 1 saturated carbocycles. The average molecular weight is 348 g/mol. The van der Waals surface area contributed by atoms with Gasteiger partial charge in [0.2, 0.25) is 0 Å². The summed E-state index contributed by atoms with van der Waals surface area (Å²) in [6.45, 7) is 5.37. The number of ether oxygens (including phenoxy) is 1. The van der Waals surface area contributed by atoms with Gasteiger partial charge in [0.15, 0.2) is 5.78 Å². The first-order valence-electron chi connectivity index (χ1n) is 7.94. The largest absolute Gasteiger partial charge is 0.465 e. The quantitative estimate of drug-likeness (QED) is 0.340. The van der Waals surface area contributed by atoms with Gasteiger partial charge in [-0.25, -0.2) is 0 Å². The van der Waals surface area contributed by atoms with Crippen molar-refractivity contribution in [1.29, 1.82) is 0 Å². The second-order valence-electron chi connectivity index (χ2n) is 5.40. The van der Waals surface area contributed by atoms with E-state index in [0.29, 0.717) is 6.42 Å². The molecule has 1 rings (SSSR count). The summed E-state index contributed by atoms with van der Waals surface area (Å²) in [6, 6.07) is 0. The number of ketones is 2. The van der Waals surface area contributed by atoms with Crippen molar-refractivity contribution in [2.45, 2.75) is 46.5 Å². The van der Waals surface area contributed by atoms with Gasteiger partial charge in [0.25, 0.3) is 0 Å². The first-order valence-corrected chi connectivity index (χ1v) is 9.66. The third-order valence-electron chi connectivity index (χ3n) is 3.73. The molecule has 0 aromatic carbocycles. The topological polar surface area (TPSA) is 96.0 Å². The van der Waals surface area contributed by atoms with E-state index in [0.717, 1.165) is 0 Å². The van der Waals surface area contributed by atoms with Gasteiger partial charge in [-0.15, -0.1) is 0 Å². The van der Waals surface area contributed by atoms with Crippen LogP contribution in [0.3, 0.4) is 0 Å². The molecule has 0 amide bonds. The molecular formula is C15H25O7P. The van der Waals surface area contributed by atoms with Crippen LogP contribution >= 0.6 is 7.60 Å². The molecule has 1 aliphatic rings. The highest BCUT2D eigenvalue weighted by Crippen LogP contribution is 2.49. The van der Waals surface area contributed by atoms with Crippen LogP contribution in [-0.2, 0) is 32.7 Å². The van der Waals surface area contributed by atoms with Crippen LogP contribution < -0.4 is 0 Å². The lowest BCUT2D eigenvalue weighted by atomic mass is 9.80. The Morgan fingerprint density at radius 1 is 1.13 bits per heavy atom. The fourth-order valence-corrected chi connectivity index (χ4v) is 4.39. The summed E-state index contributed by atoms with van der Waals surface area (Å²) in [5, 5.41) is 0. The number of carbonyl (C=O) groups is 3. The second kappa shape index (κ2) is 8.71. The molecule has 0 spiro atoms. The molecule has 0 N–H and O–H groups in total. The van der Waals surface area contributed by atoms with Gasteiger partial charge in [-0.05, 0) is 33.6 Å². The van der Waals surface area contributed by atoms with Gasteiger partial charge in [-0.2, -0.15) is 0 Å². The molecule has 0 bridgehead atoms. The fourth-order valence-electron chi connectivity index (χ4n) is 2.80. The van der Waals surface area contributed by atoms with E-state index in [9.17, 15) is 18.9 Å². The number of esters is 1. The van der Waals surface area contributed by atoms with Crippen LogP contribution in [0.25, 0.3) is 0 Å². The van der Waals surface area contributed by atoms with E-state index in [2.05, 4.69) is 0 Å². The summed E-state index contributed by atoms with van der Waals surface area (Å²) in [7, 11) is -3.54. The lowest BCUT2D eigenvalue weighted by Crippen LogP contribution is -2.39. The molecule has 1 aliphatic carbocycles. The smallest absolute Gasteiger partial charge is 0.338 e. The van der Waals surface area contributed by atoms with Crippen LogP contribution in [0.1, 0.15) is 46.5 Å². The Hall–Kier alpha value is -1.04. The van der Waals surface area contributed by atoms with E-state index < -0.39 is 30.9 Å². The van der Waals surface area contributed by atoms with E-state index >= 15 is 0 Å². The summed E-state index contributed by atoms with van der Waals surface area (Å²) >= 11 is 0. The number of Topliss-reactive ketones (excluding diaryl/α,β-unsaturated/α-hetero) is 2. The monoisotopic (exact) mass is 348 g/mol. The van der Waals surface area contributed by atoms with Crippen molar-refractivity contribution in [2.24, 2.45) is 5.41 Å². The van der Waals surface area contributed by atoms with Crippen molar-refractivity contribution in [3.63, 3.8) is 0 Å². The summed E-state index contributed by atoms with van der Waals surface area (Å²) in [6.07, 6.45) is 0.322. The fraction of sp³-hybridized carbons (Fsp3) is 0.800. The summed E-state index contributed by atoms with van der Waals surface area (Å²) in [5.41, 5.74) is -1.43. The van der Waals surface area contributed by atoms with Crippen LogP contribution in [0.15, 0.2) is 0 Å². The van der Waals surface area contributed by atoms with Crippen molar-refractivity contribution < 1.29 is 32.7 Å². The highest BCUT2D eigenvalue weighted by atomic mass is 31.2. The molecule has 0 heterocycles. The predicted molar refractivity (Wildman–Crippen MR) is 83.3 cm³/mol. The van der Waals surface area contributed by atoms with Gasteiger partial charge in [0, 0.05) is 12.8 Å². The molecule has 0 saturated heterocycles. The van der Waals surface area contributed by atoms with Gasteiger partial charge in [-0.3, -0.25) is 18.9 Å². The van der Waals surface area contributed by atoms with Gasteiger partial charge < -0.3 is 13.8 Å². The lowest BCUT2D eigenvalue weighted by Gasteiger charge is -2.25. The molecule has 1 atom stereocenters. The predicted octanol–water partition coefficient (Wildman–Crippen LogP) is 2.51. The average Bonchev–Trinajstić information content (AvgIpc) is 2.81. The highest BCUT2D eigenvalue weighted by molar-refractivity contribution is 7.54. The molecule has 0 radical (unpaired) electrons. The maximum absolute atomic E-state index is 12.4. The SMILES string of the molecule is CCOC(=O)C1(CC(=O)CP(=O)(OCC)OCC)CCCC1=O. The molecule has 0 aliphatic heterocycles. The molecule has 23 heavy (non-hydrogen) atoms. The van der Waals surface area contributed by atoms with Gasteiger partial charge in [0.05, 0.1) is 19.8 Å². The van der Waals surface area contributed by atoms with Crippen LogP contribution in [0, 0.1) is 5.41 Å². The standard InChI is InChI=1S/C15H25O7P/c1-4-20-14(18)15(9-7-8-13(15)17)10-12(16)11-23(19,21-5-2)22-6-3/h4-11H2,1-3H3. The number of hydrogen-bond acceptors (Lipinski definition) is 7. The van der Waals surface area contributed by atoms with Crippen LogP contribution in [0.4, 0.5) is 0 Å².